The van der Waals surface area contributed by atoms with Crippen LogP contribution in [-0.4, -0.2) is 51.6 Å². The summed E-state index contributed by atoms with van der Waals surface area (Å²) in [7, 11) is 1.67. The summed E-state index contributed by atoms with van der Waals surface area (Å²) < 4.78 is 15.5. The van der Waals surface area contributed by atoms with Gasteiger partial charge in [-0.15, -0.1) is 0 Å². The van der Waals surface area contributed by atoms with Crippen molar-refractivity contribution in [1.82, 2.24) is 5.32 Å². The Labute approximate surface area is 109 Å². The fraction of sp³-hybridized carbons (Fsp3) is 0.923. The van der Waals surface area contributed by atoms with Crippen LogP contribution in [0.5, 0.6) is 0 Å². The maximum Gasteiger partial charge on any atom is 0.326 e. The van der Waals surface area contributed by atoms with Crippen molar-refractivity contribution < 1.29 is 19.0 Å². The second-order valence-electron chi connectivity index (χ2n) is 4.81. The normalized spacial score (nSPS) is 23.9. The minimum Gasteiger partial charge on any atom is -0.462 e. The molecule has 1 heterocycles. The van der Waals surface area contributed by atoms with Crippen LogP contribution >= 0.6 is 0 Å². The monoisotopic (exact) mass is 259 g/mol. The Morgan fingerprint density at radius 1 is 1.22 bits per heavy atom. The summed E-state index contributed by atoms with van der Waals surface area (Å²) in [6.45, 7) is 4.91. The number of carbonyl (C=O) groups excluding carboxylic acids is 1. The second-order valence-corrected chi connectivity index (χ2v) is 4.81. The zero-order chi connectivity index (χ0) is 13.3. The fourth-order valence-electron chi connectivity index (χ4n) is 1.99. The molecule has 18 heavy (non-hydrogen) atoms. The zero-order valence-electron chi connectivity index (χ0n) is 11.5. The van der Waals surface area contributed by atoms with Gasteiger partial charge in [-0.1, -0.05) is 0 Å². The predicted octanol–water partition coefficient (Wildman–Crippen LogP) is 1.11. The van der Waals surface area contributed by atoms with E-state index < -0.39 is 5.54 Å². The molecule has 0 bridgehead atoms. The molecule has 0 amide bonds. The lowest BCUT2D eigenvalue weighted by molar-refractivity contribution is -0.153. The average molecular weight is 259 g/mol. The van der Waals surface area contributed by atoms with Gasteiger partial charge < -0.3 is 19.5 Å². The highest BCUT2D eigenvalue weighted by atomic mass is 16.6. The topological polar surface area (TPSA) is 56.8 Å². The van der Waals surface area contributed by atoms with Gasteiger partial charge in [0.1, 0.15) is 12.1 Å². The molecule has 1 aliphatic heterocycles. The molecule has 1 fully saturated rings. The van der Waals surface area contributed by atoms with Crippen LogP contribution in [0.3, 0.4) is 0 Å². The lowest BCUT2D eigenvalue weighted by atomic mass is 9.91. The van der Waals surface area contributed by atoms with Crippen LogP contribution in [0.25, 0.3) is 0 Å². The van der Waals surface area contributed by atoms with E-state index in [9.17, 15) is 4.79 Å². The number of carbonyl (C=O) groups is 1. The highest BCUT2D eigenvalue weighted by molar-refractivity contribution is 5.80. The number of nitrogens with one attached hydrogen (secondary N) is 1. The standard InChI is InChI=1S/C13H25NO4/c1-13(6-3-4-7-14-13)12(15)18-11-10-17-9-5-8-16-2/h14H,3-11H2,1-2H3. The summed E-state index contributed by atoms with van der Waals surface area (Å²) in [5, 5.41) is 3.23. The summed E-state index contributed by atoms with van der Waals surface area (Å²) >= 11 is 0. The van der Waals surface area contributed by atoms with E-state index in [0.717, 1.165) is 32.2 Å². The number of hydrogen-bond donors (Lipinski definition) is 1. The Kier molecular flexibility index (Phi) is 7.23. The van der Waals surface area contributed by atoms with Crippen LogP contribution in [0.4, 0.5) is 0 Å². The molecule has 0 aromatic rings. The third kappa shape index (κ3) is 5.33. The molecule has 1 rings (SSSR count). The molecular formula is C13H25NO4. The van der Waals surface area contributed by atoms with Crippen molar-refractivity contribution in [1.29, 1.82) is 0 Å². The second kappa shape index (κ2) is 8.45. The van der Waals surface area contributed by atoms with E-state index >= 15 is 0 Å². The van der Waals surface area contributed by atoms with E-state index in [0.29, 0.717) is 26.4 Å². The van der Waals surface area contributed by atoms with Crippen LogP contribution in [0.2, 0.25) is 0 Å². The van der Waals surface area contributed by atoms with E-state index in [-0.39, 0.29) is 5.97 Å². The number of ether oxygens (including phenoxy) is 3. The van der Waals surface area contributed by atoms with Crippen molar-refractivity contribution in [3.63, 3.8) is 0 Å². The molecule has 0 aromatic carbocycles. The van der Waals surface area contributed by atoms with Crippen LogP contribution in [-0.2, 0) is 19.0 Å². The van der Waals surface area contributed by atoms with Gasteiger partial charge in [-0.25, -0.2) is 0 Å². The predicted molar refractivity (Wildman–Crippen MR) is 68.5 cm³/mol. The van der Waals surface area contributed by atoms with Gasteiger partial charge in [0.25, 0.3) is 0 Å². The van der Waals surface area contributed by atoms with Crippen molar-refractivity contribution in [3.8, 4) is 0 Å². The molecule has 1 saturated heterocycles. The van der Waals surface area contributed by atoms with Crippen molar-refractivity contribution in [3.05, 3.63) is 0 Å². The van der Waals surface area contributed by atoms with Gasteiger partial charge in [0.2, 0.25) is 0 Å². The first-order valence-electron chi connectivity index (χ1n) is 6.68. The Morgan fingerprint density at radius 2 is 2.06 bits per heavy atom. The van der Waals surface area contributed by atoms with Gasteiger partial charge in [0.15, 0.2) is 0 Å². The Balaban J connectivity index is 2.05. The molecule has 0 aromatic heterocycles. The number of rotatable bonds is 8. The van der Waals surface area contributed by atoms with Crippen LogP contribution in [0, 0.1) is 0 Å². The summed E-state index contributed by atoms with van der Waals surface area (Å²) in [5.41, 5.74) is -0.506. The lowest BCUT2D eigenvalue weighted by Crippen LogP contribution is -2.53. The first-order valence-corrected chi connectivity index (χ1v) is 6.68. The van der Waals surface area contributed by atoms with E-state index in [1.807, 2.05) is 6.92 Å². The number of esters is 1. The maximum atomic E-state index is 11.9. The number of methoxy groups -OCH3 is 1. The first kappa shape index (κ1) is 15.4. The fourth-order valence-corrected chi connectivity index (χ4v) is 1.99. The summed E-state index contributed by atoms with van der Waals surface area (Å²) in [5.74, 6) is -0.164. The smallest absolute Gasteiger partial charge is 0.326 e. The van der Waals surface area contributed by atoms with Crippen molar-refractivity contribution in [2.75, 3.05) is 40.1 Å². The third-order valence-corrected chi connectivity index (χ3v) is 3.17. The van der Waals surface area contributed by atoms with Crippen molar-refractivity contribution in [2.45, 2.75) is 38.1 Å². The summed E-state index contributed by atoms with van der Waals surface area (Å²) in [6, 6.07) is 0. The molecule has 0 saturated carbocycles. The zero-order valence-corrected chi connectivity index (χ0v) is 11.5. The molecule has 106 valence electrons. The van der Waals surface area contributed by atoms with E-state index in [1.54, 1.807) is 7.11 Å². The van der Waals surface area contributed by atoms with Gasteiger partial charge in [-0.3, -0.25) is 4.79 Å². The first-order chi connectivity index (χ1) is 8.69. The van der Waals surface area contributed by atoms with E-state index in [4.69, 9.17) is 14.2 Å². The summed E-state index contributed by atoms with van der Waals surface area (Å²) in [6.07, 6.45) is 3.92. The van der Waals surface area contributed by atoms with E-state index in [1.165, 1.54) is 0 Å². The average Bonchev–Trinajstić information content (AvgIpc) is 2.38. The lowest BCUT2D eigenvalue weighted by Gasteiger charge is -2.32. The van der Waals surface area contributed by atoms with Gasteiger partial charge in [-0.2, -0.15) is 0 Å². The Hall–Kier alpha value is -0.650. The van der Waals surface area contributed by atoms with Gasteiger partial charge in [0, 0.05) is 20.3 Å². The highest BCUT2D eigenvalue weighted by Gasteiger charge is 2.35. The Morgan fingerprint density at radius 3 is 2.72 bits per heavy atom. The molecule has 5 heteroatoms. The Bertz CT molecular complexity index is 239. The highest BCUT2D eigenvalue weighted by Crippen LogP contribution is 2.19. The largest absolute Gasteiger partial charge is 0.462 e. The minimum atomic E-state index is -0.506. The molecule has 1 N–H and O–H groups in total. The van der Waals surface area contributed by atoms with Crippen molar-refractivity contribution in [2.24, 2.45) is 0 Å². The molecular weight excluding hydrogens is 234 g/mol. The molecule has 1 atom stereocenters. The molecule has 0 spiro atoms. The van der Waals surface area contributed by atoms with Gasteiger partial charge in [-0.05, 0) is 39.2 Å². The van der Waals surface area contributed by atoms with Crippen LogP contribution in [0.1, 0.15) is 32.6 Å². The molecule has 1 aliphatic rings. The molecule has 1 unspecified atom stereocenters. The van der Waals surface area contributed by atoms with Crippen molar-refractivity contribution >= 4 is 5.97 Å². The minimum absolute atomic E-state index is 0.164. The van der Waals surface area contributed by atoms with Gasteiger partial charge in [0.05, 0.1) is 6.61 Å². The number of hydrogen-bond acceptors (Lipinski definition) is 5. The third-order valence-electron chi connectivity index (χ3n) is 3.17. The SMILES string of the molecule is COCCCOCCOC(=O)C1(C)CCCCN1. The molecule has 0 radical (unpaired) electrons. The summed E-state index contributed by atoms with van der Waals surface area (Å²) in [4.78, 5) is 11.9. The van der Waals surface area contributed by atoms with Gasteiger partial charge >= 0.3 is 5.97 Å². The molecule has 0 aliphatic carbocycles. The number of piperidine rings is 1. The molecule has 5 nitrogen and oxygen atoms in total. The maximum absolute atomic E-state index is 11.9. The quantitative estimate of drug-likeness (QED) is 0.523. The van der Waals surface area contributed by atoms with Crippen LogP contribution in [0.15, 0.2) is 0 Å². The van der Waals surface area contributed by atoms with E-state index in [2.05, 4.69) is 5.32 Å². The van der Waals surface area contributed by atoms with Crippen LogP contribution < -0.4 is 5.32 Å².